The molecule has 4 fully saturated rings. The van der Waals surface area contributed by atoms with Gasteiger partial charge in [-0.05, 0) is 31.8 Å². The van der Waals surface area contributed by atoms with Crippen molar-refractivity contribution in [2.45, 2.75) is 18.4 Å². The summed E-state index contributed by atoms with van der Waals surface area (Å²) in [6.07, 6.45) is 4.04. The Morgan fingerprint density at radius 1 is 1.30 bits per heavy atom. The van der Waals surface area contributed by atoms with Gasteiger partial charge in [0, 0.05) is 6.54 Å². The van der Waals surface area contributed by atoms with E-state index in [1.807, 2.05) is 0 Å². The molecule has 0 unspecified atom stereocenters. The average Bonchev–Trinajstić information content (AvgIpc) is 3.20. The molecule has 2 bridgehead atoms. The molecule has 1 spiro atoms. The molecular weight excluding hydrogens is 314 g/mol. The van der Waals surface area contributed by atoms with E-state index in [2.05, 4.69) is 19.8 Å². The molecular formula is C15H19N5O2S. The van der Waals surface area contributed by atoms with Crippen LogP contribution in [0.15, 0.2) is 6.33 Å². The highest BCUT2D eigenvalue weighted by Gasteiger charge is 2.52. The molecule has 122 valence electrons. The molecule has 8 heteroatoms. The van der Waals surface area contributed by atoms with E-state index < -0.39 is 0 Å². The van der Waals surface area contributed by atoms with Crippen molar-refractivity contribution in [3.05, 3.63) is 6.33 Å². The summed E-state index contributed by atoms with van der Waals surface area (Å²) >= 11 is 1.58. The predicted molar refractivity (Wildman–Crippen MR) is 87.0 cm³/mol. The number of methoxy groups -OCH3 is 1. The zero-order valence-corrected chi connectivity index (χ0v) is 13.9. The van der Waals surface area contributed by atoms with E-state index >= 15 is 0 Å². The van der Waals surface area contributed by atoms with Crippen molar-refractivity contribution in [2.24, 2.45) is 5.92 Å². The van der Waals surface area contributed by atoms with Crippen LogP contribution in [0.5, 0.6) is 5.88 Å². The highest BCUT2D eigenvalue weighted by Crippen LogP contribution is 2.43. The van der Waals surface area contributed by atoms with Gasteiger partial charge in [-0.2, -0.15) is 4.98 Å². The second-order valence-corrected chi connectivity index (χ2v) is 7.58. The predicted octanol–water partition coefficient (Wildman–Crippen LogP) is 1.35. The maximum atomic E-state index is 6.32. The first-order valence-electron chi connectivity index (χ1n) is 8.04. The maximum absolute atomic E-state index is 6.32. The summed E-state index contributed by atoms with van der Waals surface area (Å²) in [4.78, 5) is 18.8. The number of piperidine rings is 3. The van der Waals surface area contributed by atoms with Gasteiger partial charge in [0.1, 0.15) is 18.7 Å². The zero-order valence-electron chi connectivity index (χ0n) is 13.1. The number of anilines is 1. The molecule has 6 rings (SSSR count). The molecule has 4 saturated heterocycles. The largest absolute Gasteiger partial charge is 0.479 e. The lowest BCUT2D eigenvalue weighted by atomic mass is 9.75. The van der Waals surface area contributed by atoms with E-state index in [-0.39, 0.29) is 5.60 Å². The molecule has 0 aliphatic carbocycles. The van der Waals surface area contributed by atoms with E-state index in [9.17, 15) is 0 Å². The highest BCUT2D eigenvalue weighted by atomic mass is 32.1. The number of hydrogen-bond donors (Lipinski definition) is 0. The van der Waals surface area contributed by atoms with Gasteiger partial charge in [-0.15, -0.1) is 0 Å². The topological polar surface area (TPSA) is 63.6 Å². The Bertz CT molecular complexity index is 745. The molecule has 4 aliphatic rings. The summed E-state index contributed by atoms with van der Waals surface area (Å²) in [6, 6.07) is 0. The van der Waals surface area contributed by atoms with E-state index in [1.54, 1.807) is 18.4 Å². The second kappa shape index (κ2) is 4.99. The first-order valence-corrected chi connectivity index (χ1v) is 8.86. The fraction of sp³-hybridized carbons (Fsp3) is 0.667. The minimum Gasteiger partial charge on any atom is -0.479 e. The standard InChI is InChI=1S/C15H19N5O2S/c1-21-12-11-13(17-8-16-12)23-14(18-11)20-7-15(22-9-20)6-19-4-2-10(15)3-5-19/h8,10H,2-7,9H2,1H3/t15-/m1/s1. The van der Waals surface area contributed by atoms with Crippen LogP contribution in [0.1, 0.15) is 12.8 Å². The molecule has 0 radical (unpaired) electrons. The lowest BCUT2D eigenvalue weighted by Crippen LogP contribution is -2.61. The third-order valence-corrected chi connectivity index (χ3v) is 6.43. The summed E-state index contributed by atoms with van der Waals surface area (Å²) in [6.45, 7) is 5.04. The maximum Gasteiger partial charge on any atom is 0.244 e. The van der Waals surface area contributed by atoms with Crippen molar-refractivity contribution in [3.63, 3.8) is 0 Å². The van der Waals surface area contributed by atoms with Crippen molar-refractivity contribution in [1.82, 2.24) is 19.9 Å². The number of rotatable bonds is 2. The van der Waals surface area contributed by atoms with Crippen LogP contribution in [0.2, 0.25) is 0 Å². The van der Waals surface area contributed by atoms with Gasteiger partial charge in [0.05, 0.1) is 13.7 Å². The number of ether oxygens (including phenoxy) is 2. The molecule has 23 heavy (non-hydrogen) atoms. The molecule has 7 nitrogen and oxygen atoms in total. The Hall–Kier alpha value is -1.51. The van der Waals surface area contributed by atoms with Gasteiger partial charge < -0.3 is 19.3 Å². The lowest BCUT2D eigenvalue weighted by molar-refractivity contribution is -0.116. The first-order chi connectivity index (χ1) is 11.3. The molecule has 0 saturated carbocycles. The quantitative estimate of drug-likeness (QED) is 0.822. The Balaban J connectivity index is 1.45. The molecule has 0 amide bonds. The normalized spacial score (nSPS) is 33.0. The summed E-state index contributed by atoms with van der Waals surface area (Å²) in [5.41, 5.74) is 0.731. The van der Waals surface area contributed by atoms with Gasteiger partial charge in [-0.1, -0.05) is 11.3 Å². The van der Waals surface area contributed by atoms with Crippen molar-refractivity contribution < 1.29 is 9.47 Å². The van der Waals surface area contributed by atoms with Gasteiger partial charge in [0.25, 0.3) is 0 Å². The van der Waals surface area contributed by atoms with Crippen LogP contribution in [-0.2, 0) is 4.74 Å². The van der Waals surface area contributed by atoms with Crippen LogP contribution in [0.25, 0.3) is 10.3 Å². The van der Waals surface area contributed by atoms with E-state index in [4.69, 9.17) is 14.5 Å². The minimum absolute atomic E-state index is 0.00980. The third-order valence-electron chi connectivity index (χ3n) is 5.40. The summed E-state index contributed by atoms with van der Waals surface area (Å²) < 4.78 is 11.6. The van der Waals surface area contributed by atoms with Crippen LogP contribution in [0, 0.1) is 5.92 Å². The Morgan fingerprint density at radius 3 is 2.91 bits per heavy atom. The van der Waals surface area contributed by atoms with E-state index in [0.29, 0.717) is 18.5 Å². The van der Waals surface area contributed by atoms with Crippen molar-refractivity contribution >= 4 is 26.8 Å². The Morgan fingerprint density at radius 2 is 2.17 bits per heavy atom. The Labute approximate surface area is 138 Å². The molecule has 0 aromatic carbocycles. The monoisotopic (exact) mass is 333 g/mol. The fourth-order valence-corrected chi connectivity index (χ4v) is 5.10. The molecule has 1 atom stereocenters. The fourth-order valence-electron chi connectivity index (χ4n) is 4.22. The summed E-state index contributed by atoms with van der Waals surface area (Å²) in [5, 5.41) is 0.951. The van der Waals surface area contributed by atoms with Gasteiger partial charge in [0.2, 0.25) is 5.88 Å². The number of fused-ring (bicyclic) bond motifs is 3. The number of nitrogens with zero attached hydrogens (tertiary/aromatic N) is 5. The van der Waals surface area contributed by atoms with Crippen molar-refractivity contribution in [3.8, 4) is 5.88 Å². The van der Waals surface area contributed by atoms with Crippen LogP contribution in [0.3, 0.4) is 0 Å². The highest BCUT2D eigenvalue weighted by molar-refractivity contribution is 7.21. The second-order valence-electron chi connectivity index (χ2n) is 6.62. The van der Waals surface area contributed by atoms with Crippen LogP contribution in [-0.4, -0.2) is 65.5 Å². The molecule has 2 aromatic heterocycles. The molecule has 4 aliphatic heterocycles. The van der Waals surface area contributed by atoms with Crippen molar-refractivity contribution in [2.75, 3.05) is 44.9 Å². The molecule has 6 heterocycles. The van der Waals surface area contributed by atoms with Gasteiger partial charge in [-0.3, -0.25) is 0 Å². The smallest absolute Gasteiger partial charge is 0.244 e. The Kier molecular flexibility index (Phi) is 3.01. The number of hydrogen-bond acceptors (Lipinski definition) is 8. The van der Waals surface area contributed by atoms with E-state index in [1.165, 1.54) is 32.3 Å². The average molecular weight is 333 g/mol. The van der Waals surface area contributed by atoms with Crippen LogP contribution >= 0.6 is 11.3 Å². The lowest BCUT2D eigenvalue weighted by Gasteiger charge is -2.50. The van der Waals surface area contributed by atoms with Gasteiger partial charge >= 0.3 is 0 Å². The van der Waals surface area contributed by atoms with Gasteiger partial charge in [0.15, 0.2) is 15.5 Å². The summed E-state index contributed by atoms with van der Waals surface area (Å²) in [7, 11) is 1.61. The molecule has 0 N–H and O–H groups in total. The SMILES string of the molecule is COc1ncnc2sc(N3CO[C@]4(CN5CCC4CC5)C3)nc12. The van der Waals surface area contributed by atoms with Crippen LogP contribution < -0.4 is 9.64 Å². The minimum atomic E-state index is -0.00980. The number of aromatic nitrogens is 3. The molecule has 2 aromatic rings. The summed E-state index contributed by atoms with van der Waals surface area (Å²) in [5.74, 6) is 1.22. The number of thiazole rings is 1. The van der Waals surface area contributed by atoms with Gasteiger partial charge in [-0.25, -0.2) is 9.97 Å². The van der Waals surface area contributed by atoms with Crippen molar-refractivity contribution in [1.29, 1.82) is 0 Å². The van der Waals surface area contributed by atoms with E-state index in [0.717, 1.165) is 28.6 Å². The zero-order chi connectivity index (χ0) is 15.4. The first kappa shape index (κ1) is 13.9. The van der Waals surface area contributed by atoms with Crippen LogP contribution in [0.4, 0.5) is 5.13 Å². The third kappa shape index (κ3) is 2.05.